The first-order chi connectivity index (χ1) is 7.06. The molecule has 0 heterocycles. The van der Waals surface area contributed by atoms with Gasteiger partial charge in [-0.3, -0.25) is 10.1 Å². The first kappa shape index (κ1) is 12.4. The Labute approximate surface area is 102 Å². The summed E-state index contributed by atoms with van der Waals surface area (Å²) >= 11 is 6.13. The Balaban J connectivity index is 3.04. The zero-order chi connectivity index (χ0) is 11.4. The van der Waals surface area contributed by atoms with Gasteiger partial charge in [0.15, 0.2) is 11.6 Å². The highest BCUT2D eigenvalue weighted by atomic mass is 79.9. The van der Waals surface area contributed by atoms with Gasteiger partial charge in [-0.05, 0) is 15.9 Å². The van der Waals surface area contributed by atoms with Crippen molar-refractivity contribution in [3.63, 3.8) is 0 Å². The van der Waals surface area contributed by atoms with Crippen LogP contribution in [0.3, 0.4) is 0 Å². The minimum atomic E-state index is -0.753. The fourth-order valence-electron chi connectivity index (χ4n) is 0.930. The fourth-order valence-corrected chi connectivity index (χ4v) is 1.63. The van der Waals surface area contributed by atoms with Gasteiger partial charge in [0.1, 0.15) is 0 Å². The monoisotopic (exact) mass is 341 g/mol. The summed E-state index contributed by atoms with van der Waals surface area (Å²) in [5.41, 5.74) is -0.314. The van der Waals surface area contributed by atoms with Crippen LogP contribution in [0.1, 0.15) is 0 Å². The third kappa shape index (κ3) is 3.13. The van der Waals surface area contributed by atoms with Crippen molar-refractivity contribution in [3.8, 4) is 5.75 Å². The minimum Gasteiger partial charge on any atom is -0.488 e. The molecule has 15 heavy (non-hydrogen) atoms. The van der Waals surface area contributed by atoms with Crippen LogP contribution in [0.15, 0.2) is 16.6 Å². The van der Waals surface area contributed by atoms with E-state index in [2.05, 4.69) is 31.9 Å². The molecule has 0 spiro atoms. The van der Waals surface area contributed by atoms with E-state index in [0.717, 1.165) is 6.07 Å². The van der Waals surface area contributed by atoms with Crippen molar-refractivity contribution in [2.45, 2.75) is 0 Å². The second kappa shape index (κ2) is 5.41. The van der Waals surface area contributed by atoms with Crippen LogP contribution in [-0.4, -0.2) is 16.9 Å². The van der Waals surface area contributed by atoms with Crippen LogP contribution < -0.4 is 4.74 Å². The van der Waals surface area contributed by atoms with Gasteiger partial charge in [0.2, 0.25) is 0 Å². The number of ether oxygens (including phenoxy) is 1. The minimum absolute atomic E-state index is 0.0138. The second-order valence-corrected chi connectivity index (χ2v) is 4.18. The number of non-ortho nitro benzene ring substituents is 1. The molecule has 0 radical (unpaired) electrons. The van der Waals surface area contributed by atoms with Crippen LogP contribution in [0.25, 0.3) is 0 Å². The van der Waals surface area contributed by atoms with E-state index in [1.165, 1.54) is 6.07 Å². The molecule has 0 unspecified atom stereocenters. The summed E-state index contributed by atoms with van der Waals surface area (Å²) < 4.78 is 18.6. The van der Waals surface area contributed by atoms with E-state index in [1.54, 1.807) is 0 Å². The Morgan fingerprint density at radius 1 is 1.53 bits per heavy atom. The summed E-state index contributed by atoms with van der Waals surface area (Å²) in [6, 6.07) is 2.03. The highest BCUT2D eigenvalue weighted by Gasteiger charge is 2.16. The maximum atomic E-state index is 13.3. The standard InChI is InChI=1S/C8H6Br2FNO3/c9-1-2-15-8-6(10)3-5(12(13)14)4-7(8)11/h3-4H,1-2H2. The van der Waals surface area contributed by atoms with Gasteiger partial charge in [-0.1, -0.05) is 15.9 Å². The SMILES string of the molecule is O=[N+]([O-])c1cc(F)c(OCCBr)c(Br)c1. The molecule has 1 aromatic rings. The molecule has 4 nitrogen and oxygen atoms in total. The van der Waals surface area contributed by atoms with Gasteiger partial charge < -0.3 is 4.74 Å². The molecule has 7 heteroatoms. The number of benzene rings is 1. The highest BCUT2D eigenvalue weighted by Crippen LogP contribution is 2.32. The normalized spacial score (nSPS) is 10.1. The number of alkyl halides is 1. The molecule has 82 valence electrons. The second-order valence-electron chi connectivity index (χ2n) is 2.53. The maximum Gasteiger partial charge on any atom is 0.273 e. The predicted octanol–water partition coefficient (Wildman–Crippen LogP) is 3.27. The van der Waals surface area contributed by atoms with E-state index < -0.39 is 10.7 Å². The number of halogens is 3. The average molecular weight is 343 g/mol. The lowest BCUT2D eigenvalue weighted by Gasteiger charge is -2.07. The Kier molecular flexibility index (Phi) is 4.46. The van der Waals surface area contributed by atoms with E-state index in [4.69, 9.17) is 4.74 Å². The fraction of sp³-hybridized carbons (Fsp3) is 0.250. The van der Waals surface area contributed by atoms with Gasteiger partial charge in [-0.2, -0.15) is 0 Å². The molecule has 0 amide bonds. The Hall–Kier alpha value is -0.690. The summed E-state index contributed by atoms with van der Waals surface area (Å²) in [4.78, 5) is 9.74. The van der Waals surface area contributed by atoms with E-state index >= 15 is 0 Å². The molecular weight excluding hydrogens is 337 g/mol. The number of hydrogen-bond donors (Lipinski definition) is 0. The van der Waals surface area contributed by atoms with Crippen molar-refractivity contribution in [1.29, 1.82) is 0 Å². The highest BCUT2D eigenvalue weighted by molar-refractivity contribution is 9.10. The summed E-state index contributed by atoms with van der Waals surface area (Å²) in [7, 11) is 0. The van der Waals surface area contributed by atoms with Crippen molar-refractivity contribution in [3.05, 3.63) is 32.5 Å². The lowest BCUT2D eigenvalue weighted by atomic mass is 10.3. The van der Waals surface area contributed by atoms with E-state index in [1.807, 2.05) is 0 Å². The summed E-state index contributed by atoms with van der Waals surface area (Å²) in [6.45, 7) is 0.285. The Bertz CT molecular complexity index is 363. The summed E-state index contributed by atoms with van der Waals surface area (Å²) in [6.07, 6.45) is 0. The first-order valence-corrected chi connectivity index (χ1v) is 5.80. The number of hydrogen-bond acceptors (Lipinski definition) is 3. The molecule has 1 rings (SSSR count). The van der Waals surface area contributed by atoms with Crippen LogP contribution >= 0.6 is 31.9 Å². The molecule has 0 aliphatic heterocycles. The van der Waals surface area contributed by atoms with Crippen LogP contribution in [0, 0.1) is 15.9 Å². The van der Waals surface area contributed by atoms with Gasteiger partial charge in [0.25, 0.3) is 5.69 Å². The van der Waals surface area contributed by atoms with Crippen LogP contribution in [0.4, 0.5) is 10.1 Å². The van der Waals surface area contributed by atoms with Crippen LogP contribution in [0.5, 0.6) is 5.75 Å². The maximum absolute atomic E-state index is 13.3. The molecule has 0 bridgehead atoms. The molecule has 0 aliphatic carbocycles. The number of nitrogens with zero attached hydrogens (tertiary/aromatic N) is 1. The molecule has 0 aliphatic rings. The largest absolute Gasteiger partial charge is 0.488 e. The van der Waals surface area contributed by atoms with E-state index in [0.29, 0.717) is 5.33 Å². The quantitative estimate of drug-likeness (QED) is 0.479. The zero-order valence-electron chi connectivity index (χ0n) is 7.37. The van der Waals surface area contributed by atoms with Gasteiger partial charge in [-0.15, -0.1) is 0 Å². The lowest BCUT2D eigenvalue weighted by Crippen LogP contribution is -2.01. The summed E-state index contributed by atoms with van der Waals surface area (Å²) in [5, 5.41) is 11.0. The number of rotatable bonds is 4. The number of nitro benzene ring substituents is 1. The molecular formula is C8H6Br2FNO3. The van der Waals surface area contributed by atoms with E-state index in [9.17, 15) is 14.5 Å². The van der Waals surface area contributed by atoms with Crippen molar-refractivity contribution >= 4 is 37.5 Å². The molecule has 0 aromatic heterocycles. The molecule has 0 saturated carbocycles. The third-order valence-corrected chi connectivity index (χ3v) is 2.43. The molecule has 0 N–H and O–H groups in total. The van der Waals surface area contributed by atoms with Gasteiger partial charge in [-0.25, -0.2) is 4.39 Å². The van der Waals surface area contributed by atoms with Crippen molar-refractivity contribution < 1.29 is 14.1 Å². The van der Waals surface area contributed by atoms with Crippen molar-refractivity contribution in [2.24, 2.45) is 0 Å². The topological polar surface area (TPSA) is 52.4 Å². The third-order valence-electron chi connectivity index (χ3n) is 1.52. The Morgan fingerprint density at radius 2 is 2.20 bits per heavy atom. The Morgan fingerprint density at radius 3 is 2.67 bits per heavy atom. The lowest BCUT2D eigenvalue weighted by molar-refractivity contribution is -0.385. The molecule has 0 saturated heterocycles. The van der Waals surface area contributed by atoms with Crippen molar-refractivity contribution in [1.82, 2.24) is 0 Å². The zero-order valence-corrected chi connectivity index (χ0v) is 10.5. The van der Waals surface area contributed by atoms with Crippen LogP contribution in [-0.2, 0) is 0 Å². The number of nitro groups is 1. The molecule has 0 atom stereocenters. The average Bonchev–Trinajstić information content (AvgIpc) is 2.16. The first-order valence-electron chi connectivity index (χ1n) is 3.88. The van der Waals surface area contributed by atoms with Gasteiger partial charge in [0.05, 0.1) is 22.1 Å². The predicted molar refractivity (Wildman–Crippen MR) is 60.0 cm³/mol. The summed E-state index contributed by atoms with van der Waals surface area (Å²) in [5.74, 6) is -0.767. The van der Waals surface area contributed by atoms with Gasteiger partial charge in [0, 0.05) is 11.4 Å². The van der Waals surface area contributed by atoms with E-state index in [-0.39, 0.29) is 22.5 Å². The smallest absolute Gasteiger partial charge is 0.273 e. The molecule has 1 aromatic carbocycles. The van der Waals surface area contributed by atoms with Gasteiger partial charge >= 0.3 is 0 Å². The van der Waals surface area contributed by atoms with Crippen LogP contribution in [0.2, 0.25) is 0 Å². The molecule has 0 fully saturated rings. The van der Waals surface area contributed by atoms with Crippen molar-refractivity contribution in [2.75, 3.05) is 11.9 Å².